The average molecular weight is 284 g/mol. The van der Waals surface area contributed by atoms with E-state index in [2.05, 4.69) is 10.1 Å². The van der Waals surface area contributed by atoms with Crippen molar-refractivity contribution in [3.05, 3.63) is 48.5 Å². The Balaban J connectivity index is 1.93. The predicted molar refractivity (Wildman–Crippen MR) is 78.6 cm³/mol. The van der Waals surface area contributed by atoms with Crippen molar-refractivity contribution in [2.45, 2.75) is 4.90 Å². The van der Waals surface area contributed by atoms with Gasteiger partial charge in [0.1, 0.15) is 5.75 Å². The smallest absolute Gasteiger partial charge is 0.258 e. The Morgan fingerprint density at radius 1 is 1.05 bits per heavy atom. The lowest BCUT2D eigenvalue weighted by Gasteiger charge is -1.97. The summed E-state index contributed by atoms with van der Waals surface area (Å²) in [6.07, 6.45) is 2.03. The van der Waals surface area contributed by atoms with Crippen LogP contribution in [0.2, 0.25) is 0 Å². The van der Waals surface area contributed by atoms with E-state index in [9.17, 15) is 5.11 Å². The van der Waals surface area contributed by atoms with Gasteiger partial charge in [0, 0.05) is 16.0 Å². The lowest BCUT2D eigenvalue weighted by atomic mass is 10.2. The Hall–Kier alpha value is -2.27. The molecule has 100 valence electrons. The molecular weight excluding hydrogens is 272 g/mol. The lowest BCUT2D eigenvalue weighted by Crippen LogP contribution is -1.81. The van der Waals surface area contributed by atoms with Gasteiger partial charge < -0.3 is 9.63 Å². The molecule has 0 fully saturated rings. The summed E-state index contributed by atoms with van der Waals surface area (Å²) >= 11 is 1.68. The summed E-state index contributed by atoms with van der Waals surface area (Å²) in [7, 11) is 0. The lowest BCUT2D eigenvalue weighted by molar-refractivity contribution is 0.432. The van der Waals surface area contributed by atoms with Crippen molar-refractivity contribution in [2.24, 2.45) is 0 Å². The van der Waals surface area contributed by atoms with Crippen LogP contribution in [0.4, 0.5) is 0 Å². The van der Waals surface area contributed by atoms with Gasteiger partial charge in [-0.25, -0.2) is 0 Å². The fraction of sp³-hybridized carbons (Fsp3) is 0.0667. The molecular formula is C15H12N2O2S. The molecule has 0 aliphatic rings. The number of rotatable bonds is 3. The van der Waals surface area contributed by atoms with Crippen LogP contribution in [0.1, 0.15) is 0 Å². The molecule has 0 spiro atoms. The zero-order valence-corrected chi connectivity index (χ0v) is 11.6. The summed E-state index contributed by atoms with van der Waals surface area (Å²) in [5, 5.41) is 13.4. The van der Waals surface area contributed by atoms with E-state index in [1.165, 1.54) is 4.90 Å². The highest BCUT2D eigenvalue weighted by molar-refractivity contribution is 7.98. The molecule has 20 heavy (non-hydrogen) atoms. The maximum atomic E-state index is 9.47. The molecule has 0 amide bonds. The van der Waals surface area contributed by atoms with E-state index in [0.29, 0.717) is 11.7 Å². The third-order valence-electron chi connectivity index (χ3n) is 2.87. The molecule has 1 heterocycles. The number of nitrogens with zero attached hydrogens (tertiary/aromatic N) is 2. The number of aromatic nitrogens is 2. The van der Waals surface area contributed by atoms with Gasteiger partial charge in [-0.2, -0.15) is 4.98 Å². The molecule has 0 atom stereocenters. The van der Waals surface area contributed by atoms with Crippen molar-refractivity contribution in [1.82, 2.24) is 10.1 Å². The first-order chi connectivity index (χ1) is 9.76. The first-order valence-electron chi connectivity index (χ1n) is 6.04. The van der Waals surface area contributed by atoms with Gasteiger partial charge in [0.25, 0.3) is 5.89 Å². The average Bonchev–Trinajstić information content (AvgIpc) is 2.97. The number of hydrogen-bond acceptors (Lipinski definition) is 5. The molecule has 0 aliphatic carbocycles. The van der Waals surface area contributed by atoms with E-state index in [-0.39, 0.29) is 5.75 Å². The van der Waals surface area contributed by atoms with Crippen molar-refractivity contribution < 1.29 is 9.63 Å². The molecule has 0 saturated carbocycles. The second kappa shape index (κ2) is 5.38. The summed E-state index contributed by atoms with van der Waals surface area (Å²) in [6.45, 7) is 0. The largest absolute Gasteiger partial charge is 0.508 e. The standard InChI is InChI=1S/C15H12N2O2S/c1-20-13-7-5-10(6-8-13)15-16-14(17-19-15)11-3-2-4-12(18)9-11/h2-9,18H,1H3. The molecule has 3 aromatic rings. The first kappa shape index (κ1) is 12.7. The van der Waals surface area contributed by atoms with Crippen molar-refractivity contribution in [2.75, 3.05) is 6.26 Å². The molecule has 0 aliphatic heterocycles. The highest BCUT2D eigenvalue weighted by Crippen LogP contribution is 2.25. The fourth-order valence-electron chi connectivity index (χ4n) is 1.84. The minimum atomic E-state index is 0.179. The van der Waals surface area contributed by atoms with Gasteiger partial charge in [0.15, 0.2) is 0 Å². The van der Waals surface area contributed by atoms with E-state index >= 15 is 0 Å². The second-order valence-electron chi connectivity index (χ2n) is 4.20. The van der Waals surface area contributed by atoms with E-state index in [0.717, 1.165) is 11.1 Å². The number of hydrogen-bond donors (Lipinski definition) is 1. The monoisotopic (exact) mass is 284 g/mol. The molecule has 3 rings (SSSR count). The quantitative estimate of drug-likeness (QED) is 0.741. The van der Waals surface area contributed by atoms with Crippen LogP contribution >= 0.6 is 11.8 Å². The van der Waals surface area contributed by atoms with Crippen LogP contribution in [0.3, 0.4) is 0 Å². The highest BCUT2D eigenvalue weighted by Gasteiger charge is 2.10. The third kappa shape index (κ3) is 2.53. The molecule has 2 aromatic carbocycles. The summed E-state index contributed by atoms with van der Waals surface area (Å²) < 4.78 is 5.27. The topological polar surface area (TPSA) is 59.2 Å². The second-order valence-corrected chi connectivity index (χ2v) is 5.08. The van der Waals surface area contributed by atoms with E-state index in [4.69, 9.17) is 4.52 Å². The summed E-state index contributed by atoms with van der Waals surface area (Å²) in [4.78, 5) is 5.53. The van der Waals surface area contributed by atoms with Crippen molar-refractivity contribution in [3.63, 3.8) is 0 Å². The third-order valence-corrected chi connectivity index (χ3v) is 3.61. The molecule has 4 nitrogen and oxygen atoms in total. The van der Waals surface area contributed by atoms with Crippen molar-refractivity contribution in [3.8, 4) is 28.6 Å². The van der Waals surface area contributed by atoms with Gasteiger partial charge in [-0.15, -0.1) is 11.8 Å². The van der Waals surface area contributed by atoms with E-state index in [1.54, 1.807) is 30.0 Å². The number of benzene rings is 2. The number of phenols is 1. The zero-order chi connectivity index (χ0) is 13.9. The van der Waals surface area contributed by atoms with Crippen LogP contribution in [0, 0.1) is 0 Å². The predicted octanol–water partition coefficient (Wildman–Crippen LogP) is 3.83. The Bertz CT molecular complexity index is 723. The van der Waals surface area contributed by atoms with E-state index in [1.807, 2.05) is 36.6 Å². The van der Waals surface area contributed by atoms with Gasteiger partial charge in [-0.3, -0.25) is 0 Å². The van der Waals surface area contributed by atoms with Gasteiger partial charge in [-0.1, -0.05) is 17.3 Å². The van der Waals surface area contributed by atoms with Crippen LogP contribution < -0.4 is 0 Å². The molecule has 5 heteroatoms. The zero-order valence-electron chi connectivity index (χ0n) is 10.8. The highest BCUT2D eigenvalue weighted by atomic mass is 32.2. The Labute approximate surface area is 120 Å². The van der Waals surface area contributed by atoms with Crippen LogP contribution in [0.25, 0.3) is 22.8 Å². The van der Waals surface area contributed by atoms with Crippen molar-refractivity contribution >= 4 is 11.8 Å². The first-order valence-corrected chi connectivity index (χ1v) is 7.26. The molecule has 0 saturated heterocycles. The fourth-order valence-corrected chi connectivity index (χ4v) is 2.24. The van der Waals surface area contributed by atoms with Crippen LogP contribution in [-0.4, -0.2) is 21.5 Å². The Kier molecular flexibility index (Phi) is 3.43. The molecule has 1 N–H and O–H groups in total. The molecule has 1 aromatic heterocycles. The number of aromatic hydroxyl groups is 1. The molecule has 0 radical (unpaired) electrons. The van der Waals surface area contributed by atoms with Gasteiger partial charge in [0.05, 0.1) is 0 Å². The molecule has 0 bridgehead atoms. The summed E-state index contributed by atoms with van der Waals surface area (Å²) in [5.41, 5.74) is 1.60. The van der Waals surface area contributed by atoms with Crippen molar-refractivity contribution in [1.29, 1.82) is 0 Å². The number of phenolic OH excluding ortho intramolecular Hbond substituents is 1. The van der Waals surface area contributed by atoms with Crippen LogP contribution in [0.5, 0.6) is 5.75 Å². The number of thioether (sulfide) groups is 1. The Morgan fingerprint density at radius 3 is 2.55 bits per heavy atom. The minimum Gasteiger partial charge on any atom is -0.508 e. The maximum Gasteiger partial charge on any atom is 0.258 e. The van der Waals surface area contributed by atoms with Gasteiger partial charge in [0.2, 0.25) is 5.82 Å². The minimum absolute atomic E-state index is 0.179. The Morgan fingerprint density at radius 2 is 1.85 bits per heavy atom. The van der Waals surface area contributed by atoms with Crippen LogP contribution in [-0.2, 0) is 0 Å². The SMILES string of the molecule is CSc1ccc(-c2nc(-c3cccc(O)c3)no2)cc1. The van der Waals surface area contributed by atoms with E-state index < -0.39 is 0 Å². The maximum absolute atomic E-state index is 9.47. The summed E-state index contributed by atoms with van der Waals surface area (Å²) in [5.74, 6) is 1.11. The van der Waals surface area contributed by atoms with Gasteiger partial charge >= 0.3 is 0 Å². The summed E-state index contributed by atoms with van der Waals surface area (Å²) in [6, 6.07) is 14.7. The normalized spacial score (nSPS) is 10.7. The van der Waals surface area contributed by atoms with Gasteiger partial charge in [-0.05, 0) is 42.7 Å². The molecule has 0 unspecified atom stereocenters. The van der Waals surface area contributed by atoms with Crippen LogP contribution in [0.15, 0.2) is 57.9 Å².